The quantitative estimate of drug-likeness (QED) is 0.552. The molecule has 0 aromatic heterocycles. The van der Waals surface area contributed by atoms with Gasteiger partial charge in [0.05, 0.1) is 22.3 Å². The monoisotopic (exact) mass is 440 g/mol. The minimum atomic E-state index is -0.880. The van der Waals surface area contributed by atoms with Crippen molar-refractivity contribution in [2.75, 3.05) is 10.2 Å². The van der Waals surface area contributed by atoms with Crippen molar-refractivity contribution in [1.82, 2.24) is 0 Å². The van der Waals surface area contributed by atoms with Gasteiger partial charge < -0.3 is 15.0 Å². The second kappa shape index (κ2) is 8.88. The van der Waals surface area contributed by atoms with Crippen molar-refractivity contribution in [3.63, 3.8) is 0 Å². The zero-order valence-electron chi connectivity index (χ0n) is 15.8. The largest absolute Gasteiger partial charge is 0.349 e. The number of benzene rings is 3. The Morgan fingerprint density at radius 2 is 1.53 bits per heavy atom. The van der Waals surface area contributed by atoms with E-state index in [2.05, 4.69) is 5.32 Å². The van der Waals surface area contributed by atoms with Crippen LogP contribution in [0.5, 0.6) is 0 Å². The molecule has 1 aliphatic rings. The number of para-hydroxylation sites is 1. The maximum atomic E-state index is 13.2. The molecular weight excluding hydrogens is 423 g/mol. The highest BCUT2D eigenvalue weighted by molar-refractivity contribution is 6.44. The van der Waals surface area contributed by atoms with E-state index in [9.17, 15) is 9.59 Å². The molecule has 3 aromatic rings. The molecule has 0 unspecified atom stereocenters. The molecule has 2 amide bonds. The van der Waals surface area contributed by atoms with E-state index in [1.807, 2.05) is 60.7 Å². The fraction of sp³-hybridized carbons (Fsp3) is 0.130. The molecule has 152 valence electrons. The van der Waals surface area contributed by atoms with E-state index in [-0.39, 0.29) is 10.9 Å². The molecule has 1 heterocycles. The molecule has 4 rings (SSSR count). The third-order valence-corrected chi connectivity index (χ3v) is 5.54. The molecule has 0 bridgehead atoms. The molecule has 1 saturated heterocycles. The van der Waals surface area contributed by atoms with Crippen LogP contribution in [0, 0.1) is 0 Å². The summed E-state index contributed by atoms with van der Waals surface area (Å²) in [6.45, 7) is 0.373. The molecule has 0 aliphatic carbocycles. The van der Waals surface area contributed by atoms with Crippen LogP contribution in [0.15, 0.2) is 78.9 Å². The van der Waals surface area contributed by atoms with Crippen LogP contribution >= 0.6 is 23.2 Å². The zero-order valence-corrected chi connectivity index (χ0v) is 17.3. The third-order valence-electron chi connectivity index (χ3n) is 4.72. The van der Waals surface area contributed by atoms with E-state index in [1.165, 1.54) is 0 Å². The number of nitrogens with zero attached hydrogens (tertiary/aromatic N) is 1. The number of nitrogens with one attached hydrogen (secondary N) is 1. The Kier molecular flexibility index (Phi) is 6.04. The van der Waals surface area contributed by atoms with E-state index in [0.29, 0.717) is 17.3 Å². The molecule has 3 aromatic carbocycles. The normalized spacial score (nSPS) is 17.3. The first kappa shape index (κ1) is 20.4. The number of carbonyl (C=O) groups is 2. The number of epoxide rings is 1. The molecule has 5 nitrogen and oxygen atoms in total. The predicted molar refractivity (Wildman–Crippen MR) is 118 cm³/mol. The fourth-order valence-electron chi connectivity index (χ4n) is 3.13. The fourth-order valence-corrected chi connectivity index (χ4v) is 3.48. The van der Waals surface area contributed by atoms with Crippen LogP contribution in [0.25, 0.3) is 0 Å². The van der Waals surface area contributed by atoms with E-state index in [1.54, 1.807) is 23.1 Å². The van der Waals surface area contributed by atoms with E-state index in [0.717, 1.165) is 11.3 Å². The molecule has 1 fully saturated rings. The average molecular weight is 441 g/mol. The van der Waals surface area contributed by atoms with Gasteiger partial charge in [-0.05, 0) is 29.8 Å². The third kappa shape index (κ3) is 4.49. The smallest absolute Gasteiger partial charge is 0.259 e. The summed E-state index contributed by atoms with van der Waals surface area (Å²) in [5.41, 5.74) is 2.08. The molecule has 1 N–H and O–H groups in total. The minimum Gasteiger partial charge on any atom is -0.349 e. The number of hydrogen-bond acceptors (Lipinski definition) is 3. The van der Waals surface area contributed by atoms with Crippen molar-refractivity contribution in [3.05, 3.63) is 94.5 Å². The summed E-state index contributed by atoms with van der Waals surface area (Å²) in [4.78, 5) is 27.4. The van der Waals surface area contributed by atoms with Gasteiger partial charge in [0.2, 0.25) is 0 Å². The van der Waals surface area contributed by atoms with Gasteiger partial charge in [0.25, 0.3) is 11.8 Å². The topological polar surface area (TPSA) is 61.9 Å². The van der Waals surface area contributed by atoms with E-state index < -0.39 is 18.1 Å². The highest BCUT2D eigenvalue weighted by Crippen LogP contribution is 2.32. The van der Waals surface area contributed by atoms with Gasteiger partial charge in [-0.1, -0.05) is 77.8 Å². The molecule has 1 aliphatic heterocycles. The Morgan fingerprint density at radius 3 is 2.23 bits per heavy atom. The van der Waals surface area contributed by atoms with Gasteiger partial charge in [-0.25, -0.2) is 0 Å². The van der Waals surface area contributed by atoms with Crippen LogP contribution in [0.2, 0.25) is 10.0 Å². The summed E-state index contributed by atoms with van der Waals surface area (Å²) in [7, 11) is 0. The molecule has 2 atom stereocenters. The second-order valence-corrected chi connectivity index (χ2v) is 7.60. The van der Waals surface area contributed by atoms with Crippen molar-refractivity contribution in [3.8, 4) is 0 Å². The standard InChI is InChI=1S/C23H18Cl2N2O3/c24-17-12-7-13-18(19(17)25)26-22(28)20-21(30-20)23(29)27(16-10-5-2-6-11-16)14-15-8-3-1-4-9-15/h1-13,20-21H,14H2,(H,26,28)/t20-,21-/m0/s1. The maximum Gasteiger partial charge on any atom is 0.259 e. The van der Waals surface area contributed by atoms with Crippen molar-refractivity contribution in [2.45, 2.75) is 18.8 Å². The van der Waals surface area contributed by atoms with Gasteiger partial charge in [-0.3, -0.25) is 9.59 Å². The lowest BCUT2D eigenvalue weighted by molar-refractivity contribution is -0.120. The minimum absolute atomic E-state index is 0.242. The summed E-state index contributed by atoms with van der Waals surface area (Å²) >= 11 is 12.1. The van der Waals surface area contributed by atoms with Crippen molar-refractivity contribution < 1.29 is 14.3 Å². The summed E-state index contributed by atoms with van der Waals surface area (Å²) < 4.78 is 5.44. The van der Waals surface area contributed by atoms with Crippen LogP contribution in [-0.2, 0) is 20.9 Å². The Bertz CT molecular complexity index is 1060. The number of rotatable bonds is 6. The van der Waals surface area contributed by atoms with Gasteiger partial charge in [-0.15, -0.1) is 0 Å². The summed E-state index contributed by atoms with van der Waals surface area (Å²) in [5.74, 6) is -0.715. The van der Waals surface area contributed by atoms with Crippen LogP contribution in [0.4, 0.5) is 11.4 Å². The molecule has 0 saturated carbocycles. The number of ether oxygens (including phenoxy) is 1. The van der Waals surface area contributed by atoms with Gasteiger partial charge in [0, 0.05) is 5.69 Å². The van der Waals surface area contributed by atoms with Crippen LogP contribution in [-0.4, -0.2) is 24.0 Å². The molecule has 7 heteroatoms. The highest BCUT2D eigenvalue weighted by Gasteiger charge is 2.52. The van der Waals surface area contributed by atoms with Crippen molar-refractivity contribution in [2.24, 2.45) is 0 Å². The SMILES string of the molecule is O=C(Nc1cccc(Cl)c1Cl)[C@H]1O[C@@H]1C(=O)N(Cc1ccccc1)c1ccccc1. The predicted octanol–water partition coefficient (Wildman–Crippen LogP) is 4.93. The Morgan fingerprint density at radius 1 is 0.867 bits per heavy atom. The molecule has 0 radical (unpaired) electrons. The lowest BCUT2D eigenvalue weighted by Gasteiger charge is -2.22. The van der Waals surface area contributed by atoms with Gasteiger partial charge in [-0.2, -0.15) is 0 Å². The lowest BCUT2D eigenvalue weighted by Crippen LogP contribution is -2.36. The molecule has 0 spiro atoms. The average Bonchev–Trinajstić information content (AvgIpc) is 3.57. The maximum absolute atomic E-state index is 13.2. The van der Waals surface area contributed by atoms with Crippen molar-refractivity contribution >= 4 is 46.4 Å². The summed E-state index contributed by atoms with van der Waals surface area (Å²) in [6.07, 6.45) is -1.73. The summed E-state index contributed by atoms with van der Waals surface area (Å²) in [6, 6.07) is 23.9. The first-order valence-corrected chi connectivity index (χ1v) is 10.1. The Hall–Kier alpha value is -2.86. The number of anilines is 2. The van der Waals surface area contributed by atoms with Crippen LogP contribution < -0.4 is 10.2 Å². The van der Waals surface area contributed by atoms with E-state index in [4.69, 9.17) is 27.9 Å². The van der Waals surface area contributed by atoms with Gasteiger partial charge in [0.15, 0.2) is 12.2 Å². The zero-order chi connectivity index (χ0) is 21.1. The van der Waals surface area contributed by atoms with Gasteiger partial charge in [0.1, 0.15) is 0 Å². The summed E-state index contributed by atoms with van der Waals surface area (Å²) in [5, 5.41) is 3.25. The lowest BCUT2D eigenvalue weighted by atomic mass is 10.1. The second-order valence-electron chi connectivity index (χ2n) is 6.81. The van der Waals surface area contributed by atoms with Gasteiger partial charge >= 0.3 is 0 Å². The molecular formula is C23H18Cl2N2O3. The molecule has 30 heavy (non-hydrogen) atoms. The number of carbonyl (C=O) groups excluding carboxylic acids is 2. The van der Waals surface area contributed by atoms with Crippen molar-refractivity contribution in [1.29, 1.82) is 0 Å². The Labute approximate surface area is 184 Å². The number of halogens is 2. The van der Waals surface area contributed by atoms with E-state index >= 15 is 0 Å². The number of amides is 2. The van der Waals surface area contributed by atoms with Crippen LogP contribution in [0.3, 0.4) is 0 Å². The first-order valence-electron chi connectivity index (χ1n) is 9.35. The Balaban J connectivity index is 1.49. The van der Waals surface area contributed by atoms with Crippen LogP contribution in [0.1, 0.15) is 5.56 Å². The number of hydrogen-bond donors (Lipinski definition) is 1. The highest BCUT2D eigenvalue weighted by atomic mass is 35.5. The first-order chi connectivity index (χ1) is 14.5.